The number of carboxylic acids is 1. The Morgan fingerprint density at radius 2 is 2.50 bits per heavy atom. The Kier molecular flexibility index (Phi) is 1.44. The predicted octanol–water partition coefficient (Wildman–Crippen LogP) is 0.506. The largest absolute Gasteiger partial charge is 0.477 e. The molecule has 1 aromatic heterocycles. The van der Waals surface area contributed by atoms with E-state index in [9.17, 15) is 9.70 Å². The zero-order valence-electron chi connectivity index (χ0n) is 4.74. The lowest BCUT2D eigenvalue weighted by atomic mass is 10.4. The highest BCUT2D eigenvalue weighted by Gasteiger charge is 2.06. The number of carbonyl (C=O) groups is 1. The van der Waals surface area contributed by atoms with Crippen LogP contribution in [0.1, 0.15) is 10.5 Å². The molecule has 2 N–H and O–H groups in total. The number of H-pyrrole nitrogens is 1. The van der Waals surface area contributed by atoms with Crippen LogP contribution in [0.5, 0.6) is 0 Å². The van der Waals surface area contributed by atoms with E-state index in [2.05, 4.69) is 15.4 Å². The van der Waals surface area contributed by atoms with Crippen LogP contribution in [0.4, 0.5) is 5.82 Å². The molecule has 10 heavy (non-hydrogen) atoms. The Bertz CT molecular complexity index is 266. The summed E-state index contributed by atoms with van der Waals surface area (Å²) in [6.07, 6.45) is 0. The normalized spacial score (nSPS) is 9.20. The molecule has 1 heterocycles. The van der Waals surface area contributed by atoms with Gasteiger partial charge in [-0.15, -0.1) is 4.91 Å². The number of carboxylic acid groups (broad SMARTS) is 1. The van der Waals surface area contributed by atoms with E-state index in [1.165, 1.54) is 0 Å². The maximum Gasteiger partial charge on any atom is 0.353 e. The molecule has 0 aromatic carbocycles. The second-order valence-electron chi connectivity index (χ2n) is 1.54. The second-order valence-corrected chi connectivity index (χ2v) is 1.54. The zero-order chi connectivity index (χ0) is 7.56. The van der Waals surface area contributed by atoms with Crippen LogP contribution in [0.2, 0.25) is 0 Å². The molecule has 0 radical (unpaired) electrons. The van der Waals surface area contributed by atoms with Crippen LogP contribution in [-0.4, -0.2) is 21.3 Å². The third-order valence-corrected chi connectivity index (χ3v) is 0.888. The van der Waals surface area contributed by atoms with E-state index in [1.807, 2.05) is 0 Å². The number of aromatic amines is 1. The fourth-order valence-corrected chi connectivity index (χ4v) is 0.467. The molecule has 0 aliphatic heterocycles. The van der Waals surface area contributed by atoms with Crippen molar-refractivity contribution in [3.8, 4) is 0 Å². The van der Waals surface area contributed by atoms with Gasteiger partial charge in [0.2, 0.25) is 5.82 Å². The van der Waals surface area contributed by atoms with Gasteiger partial charge in [0.15, 0.2) is 0 Å². The van der Waals surface area contributed by atoms with Gasteiger partial charge in [-0.3, -0.25) is 5.10 Å². The number of aromatic carboxylic acids is 1. The SMILES string of the molecule is O=Nc1cc(C(=O)O)[nH]n1. The summed E-state index contributed by atoms with van der Waals surface area (Å²) >= 11 is 0. The van der Waals surface area contributed by atoms with Crippen molar-refractivity contribution in [2.45, 2.75) is 0 Å². The minimum absolute atomic E-state index is 0.144. The first-order chi connectivity index (χ1) is 4.74. The van der Waals surface area contributed by atoms with E-state index < -0.39 is 5.97 Å². The Morgan fingerprint density at radius 1 is 1.80 bits per heavy atom. The first kappa shape index (κ1) is 6.40. The first-order valence-corrected chi connectivity index (χ1v) is 2.36. The number of aromatic nitrogens is 2. The van der Waals surface area contributed by atoms with Gasteiger partial charge in [0.05, 0.1) is 0 Å². The summed E-state index contributed by atoms with van der Waals surface area (Å²) in [4.78, 5) is 19.8. The Labute approximate surface area is 54.8 Å². The molecule has 0 amide bonds. The molecule has 0 saturated carbocycles. The molecule has 0 unspecified atom stereocenters. The molecule has 0 bridgehead atoms. The van der Waals surface area contributed by atoms with E-state index >= 15 is 0 Å². The number of nitrogens with zero attached hydrogens (tertiary/aromatic N) is 2. The molecule has 0 aliphatic carbocycles. The maximum absolute atomic E-state index is 10.1. The third kappa shape index (κ3) is 0.993. The van der Waals surface area contributed by atoms with Crippen LogP contribution in [-0.2, 0) is 0 Å². The summed E-state index contributed by atoms with van der Waals surface area (Å²) in [5.41, 5.74) is -0.144. The summed E-state index contributed by atoms with van der Waals surface area (Å²) in [5, 5.41) is 16.1. The molecule has 1 rings (SSSR count). The Morgan fingerprint density at radius 3 is 2.80 bits per heavy atom. The van der Waals surface area contributed by atoms with Crippen molar-refractivity contribution in [1.82, 2.24) is 10.2 Å². The number of nitrogens with one attached hydrogen (secondary N) is 1. The van der Waals surface area contributed by atoms with Crippen LogP contribution in [0.25, 0.3) is 0 Å². The third-order valence-electron chi connectivity index (χ3n) is 0.888. The molecular weight excluding hydrogens is 138 g/mol. The quantitative estimate of drug-likeness (QED) is 0.586. The van der Waals surface area contributed by atoms with Gasteiger partial charge in [-0.05, 0) is 5.18 Å². The van der Waals surface area contributed by atoms with E-state index in [1.54, 1.807) is 0 Å². The maximum atomic E-state index is 10.1. The van der Waals surface area contributed by atoms with Crippen LogP contribution < -0.4 is 0 Å². The molecule has 6 nitrogen and oxygen atoms in total. The lowest BCUT2D eigenvalue weighted by Gasteiger charge is -1.79. The van der Waals surface area contributed by atoms with Crippen molar-refractivity contribution >= 4 is 11.8 Å². The molecule has 0 atom stereocenters. The summed E-state index contributed by atoms with van der Waals surface area (Å²) in [6.45, 7) is 0. The van der Waals surface area contributed by atoms with E-state index in [0.717, 1.165) is 6.07 Å². The molecule has 0 fully saturated rings. The lowest BCUT2D eigenvalue weighted by Crippen LogP contribution is -1.95. The van der Waals surface area contributed by atoms with Gasteiger partial charge >= 0.3 is 5.97 Å². The number of hydrogen-bond donors (Lipinski definition) is 2. The highest BCUT2D eigenvalue weighted by Crippen LogP contribution is 2.07. The van der Waals surface area contributed by atoms with Gasteiger partial charge in [0.25, 0.3) is 0 Å². The molecule has 52 valence electrons. The predicted molar refractivity (Wildman–Crippen MR) is 31.0 cm³/mol. The van der Waals surface area contributed by atoms with Crippen molar-refractivity contribution in [3.05, 3.63) is 16.7 Å². The van der Waals surface area contributed by atoms with Crippen molar-refractivity contribution in [2.75, 3.05) is 0 Å². The van der Waals surface area contributed by atoms with Gasteiger partial charge in [-0.2, -0.15) is 5.10 Å². The Balaban J connectivity index is 2.98. The fourth-order valence-electron chi connectivity index (χ4n) is 0.467. The monoisotopic (exact) mass is 141 g/mol. The molecule has 0 saturated heterocycles. The minimum atomic E-state index is -1.16. The molecule has 6 heteroatoms. The van der Waals surface area contributed by atoms with Crippen molar-refractivity contribution in [2.24, 2.45) is 5.18 Å². The Hall–Kier alpha value is -1.72. The average molecular weight is 141 g/mol. The van der Waals surface area contributed by atoms with Gasteiger partial charge < -0.3 is 5.11 Å². The fraction of sp³-hybridized carbons (Fsp3) is 0. The van der Waals surface area contributed by atoms with E-state index in [-0.39, 0.29) is 11.5 Å². The standard InChI is InChI=1S/C4H3N3O3/c8-4(9)2-1-3(7-10)6-5-2/h1H,(H,5,6)(H,8,9). The highest BCUT2D eigenvalue weighted by molar-refractivity contribution is 5.85. The minimum Gasteiger partial charge on any atom is -0.477 e. The average Bonchev–Trinajstić information content (AvgIpc) is 2.34. The van der Waals surface area contributed by atoms with Crippen molar-refractivity contribution < 1.29 is 9.90 Å². The van der Waals surface area contributed by atoms with E-state index in [4.69, 9.17) is 5.11 Å². The smallest absolute Gasteiger partial charge is 0.353 e. The van der Waals surface area contributed by atoms with Gasteiger partial charge in [0.1, 0.15) is 5.69 Å². The molecule has 0 spiro atoms. The van der Waals surface area contributed by atoms with Crippen LogP contribution in [0.15, 0.2) is 11.2 Å². The first-order valence-electron chi connectivity index (χ1n) is 2.36. The van der Waals surface area contributed by atoms with Crippen molar-refractivity contribution in [1.29, 1.82) is 0 Å². The van der Waals surface area contributed by atoms with Crippen LogP contribution >= 0.6 is 0 Å². The van der Waals surface area contributed by atoms with Crippen LogP contribution in [0.3, 0.4) is 0 Å². The van der Waals surface area contributed by atoms with Crippen molar-refractivity contribution in [3.63, 3.8) is 0 Å². The van der Waals surface area contributed by atoms with Gasteiger partial charge in [-0.25, -0.2) is 4.79 Å². The molecule has 1 aromatic rings. The summed E-state index contributed by atoms with van der Waals surface area (Å²) < 4.78 is 0. The number of rotatable bonds is 2. The lowest BCUT2D eigenvalue weighted by molar-refractivity contribution is 0.0690. The van der Waals surface area contributed by atoms with Gasteiger partial charge in [-0.1, -0.05) is 0 Å². The summed E-state index contributed by atoms with van der Waals surface area (Å²) in [6, 6.07) is 1.05. The zero-order valence-corrected chi connectivity index (χ0v) is 4.74. The topological polar surface area (TPSA) is 95.4 Å². The second kappa shape index (κ2) is 2.26. The van der Waals surface area contributed by atoms with E-state index in [0.29, 0.717) is 0 Å². The summed E-state index contributed by atoms with van der Waals surface area (Å²) in [7, 11) is 0. The van der Waals surface area contributed by atoms with Crippen LogP contribution in [0, 0.1) is 4.91 Å². The molecule has 0 aliphatic rings. The summed E-state index contributed by atoms with van der Waals surface area (Å²) in [5.74, 6) is -1.32. The highest BCUT2D eigenvalue weighted by atomic mass is 16.4. The molecular formula is C4H3N3O3. The number of hydrogen-bond acceptors (Lipinski definition) is 4. The van der Waals surface area contributed by atoms with Gasteiger partial charge in [0, 0.05) is 6.07 Å². The number of nitroso groups, excluding NO2 is 1.